The van der Waals surface area contributed by atoms with E-state index in [1.807, 2.05) is 0 Å². The van der Waals surface area contributed by atoms with Crippen molar-refractivity contribution in [3.8, 4) is 5.75 Å². The molecule has 34 heavy (non-hydrogen) atoms. The SMILES string of the molecule is CCOC(=O)c1nc2n(c(=O)c1OC(=O)c1ccccc1)CC1CCC2(NC(=O)C(N)=O)CC1. The summed E-state index contributed by atoms with van der Waals surface area (Å²) < 4.78 is 11.8. The van der Waals surface area contributed by atoms with Gasteiger partial charge < -0.3 is 20.5 Å². The van der Waals surface area contributed by atoms with Gasteiger partial charge in [0.25, 0.3) is 5.56 Å². The first-order valence-electron chi connectivity index (χ1n) is 11.0. The summed E-state index contributed by atoms with van der Waals surface area (Å²) in [4.78, 5) is 67.1. The summed E-state index contributed by atoms with van der Waals surface area (Å²) in [5.74, 6) is -4.31. The zero-order valence-electron chi connectivity index (χ0n) is 18.5. The number of hydrogen-bond acceptors (Lipinski definition) is 8. The van der Waals surface area contributed by atoms with Crippen LogP contribution in [0.3, 0.4) is 0 Å². The van der Waals surface area contributed by atoms with Gasteiger partial charge in [-0.2, -0.15) is 0 Å². The van der Waals surface area contributed by atoms with Gasteiger partial charge in [0.15, 0.2) is 5.69 Å². The number of carbonyl (C=O) groups excluding carboxylic acids is 4. The summed E-state index contributed by atoms with van der Waals surface area (Å²) in [5, 5.41) is 2.63. The number of aromatic nitrogens is 2. The molecule has 0 atom stereocenters. The number of ether oxygens (including phenoxy) is 2. The third-order valence-electron chi connectivity index (χ3n) is 6.21. The van der Waals surface area contributed by atoms with Gasteiger partial charge in [-0.25, -0.2) is 14.6 Å². The van der Waals surface area contributed by atoms with Crippen molar-refractivity contribution in [1.82, 2.24) is 14.9 Å². The maximum absolute atomic E-state index is 13.6. The maximum Gasteiger partial charge on any atom is 0.361 e. The van der Waals surface area contributed by atoms with Crippen LogP contribution < -0.4 is 21.3 Å². The van der Waals surface area contributed by atoms with Gasteiger partial charge in [0.05, 0.1) is 17.7 Å². The Bertz CT molecular complexity index is 1210. The first kappa shape index (κ1) is 23.1. The molecule has 3 aliphatic rings. The van der Waals surface area contributed by atoms with E-state index in [4.69, 9.17) is 15.2 Å². The Kier molecular flexibility index (Phi) is 6.18. The number of esters is 2. The van der Waals surface area contributed by atoms with Gasteiger partial charge in [0, 0.05) is 6.54 Å². The highest BCUT2D eigenvalue weighted by Gasteiger charge is 2.46. The summed E-state index contributed by atoms with van der Waals surface area (Å²) in [6.45, 7) is 1.84. The van der Waals surface area contributed by atoms with Crippen LogP contribution in [0.2, 0.25) is 0 Å². The number of nitrogens with one attached hydrogen (secondary N) is 1. The molecule has 0 spiro atoms. The van der Waals surface area contributed by atoms with Crippen molar-refractivity contribution >= 4 is 23.8 Å². The molecule has 2 aliphatic heterocycles. The number of rotatable bonds is 5. The lowest BCUT2D eigenvalue weighted by molar-refractivity contribution is -0.139. The molecule has 1 aliphatic carbocycles. The van der Waals surface area contributed by atoms with Crippen LogP contribution in [-0.2, 0) is 26.4 Å². The average molecular weight is 468 g/mol. The van der Waals surface area contributed by atoms with E-state index >= 15 is 0 Å². The number of fused-ring (bicyclic) bond motifs is 2. The number of amides is 2. The average Bonchev–Trinajstić information content (AvgIpc) is 3.07. The lowest BCUT2D eigenvalue weighted by atomic mass is 9.77. The predicted octanol–water partition coefficient (Wildman–Crippen LogP) is 0.640. The summed E-state index contributed by atoms with van der Waals surface area (Å²) in [7, 11) is 0. The van der Waals surface area contributed by atoms with Crippen molar-refractivity contribution in [2.45, 2.75) is 44.7 Å². The summed E-state index contributed by atoms with van der Waals surface area (Å²) in [6.07, 6.45) is 2.09. The Hall–Kier alpha value is -4.02. The molecule has 0 unspecified atom stereocenters. The number of primary amides is 1. The molecule has 1 aromatic carbocycles. The summed E-state index contributed by atoms with van der Waals surface area (Å²) in [5.41, 5.74) is 2.93. The molecule has 0 saturated heterocycles. The Morgan fingerprint density at radius 3 is 2.44 bits per heavy atom. The van der Waals surface area contributed by atoms with Crippen LogP contribution in [0.25, 0.3) is 0 Å². The quantitative estimate of drug-likeness (QED) is 0.478. The van der Waals surface area contributed by atoms with Crippen LogP contribution in [-0.4, -0.2) is 39.9 Å². The minimum atomic E-state index is -1.18. The van der Waals surface area contributed by atoms with Crippen molar-refractivity contribution in [1.29, 1.82) is 0 Å². The first-order valence-corrected chi connectivity index (χ1v) is 11.0. The second-order valence-electron chi connectivity index (χ2n) is 8.35. The van der Waals surface area contributed by atoms with Gasteiger partial charge >= 0.3 is 23.8 Å². The van der Waals surface area contributed by atoms with E-state index in [1.165, 1.54) is 16.7 Å². The van der Waals surface area contributed by atoms with Gasteiger partial charge in [-0.1, -0.05) is 18.2 Å². The number of nitrogens with zero attached hydrogens (tertiary/aromatic N) is 2. The predicted molar refractivity (Wildman–Crippen MR) is 117 cm³/mol. The zero-order chi connectivity index (χ0) is 24.5. The highest BCUT2D eigenvalue weighted by molar-refractivity contribution is 6.34. The third kappa shape index (κ3) is 4.16. The lowest BCUT2D eigenvalue weighted by Gasteiger charge is -2.36. The van der Waals surface area contributed by atoms with Crippen molar-refractivity contribution in [2.75, 3.05) is 6.61 Å². The minimum absolute atomic E-state index is 0.00334. The van der Waals surface area contributed by atoms with Crippen molar-refractivity contribution < 1.29 is 28.7 Å². The Balaban J connectivity index is 1.87. The molecule has 5 rings (SSSR count). The summed E-state index contributed by atoms with van der Waals surface area (Å²) in [6, 6.07) is 8.00. The van der Waals surface area contributed by atoms with E-state index in [0.717, 1.165) is 0 Å². The third-order valence-corrected chi connectivity index (χ3v) is 6.21. The van der Waals surface area contributed by atoms with Gasteiger partial charge in [0.2, 0.25) is 5.75 Å². The highest BCUT2D eigenvalue weighted by atomic mass is 16.6. The second kappa shape index (κ2) is 9.08. The molecule has 3 N–H and O–H groups in total. The molecule has 1 aromatic heterocycles. The van der Waals surface area contributed by atoms with Crippen LogP contribution >= 0.6 is 0 Å². The van der Waals surface area contributed by atoms with Crippen molar-refractivity contribution in [2.24, 2.45) is 11.7 Å². The van der Waals surface area contributed by atoms with E-state index in [1.54, 1.807) is 25.1 Å². The van der Waals surface area contributed by atoms with Crippen molar-refractivity contribution in [3.63, 3.8) is 0 Å². The Labute approximate surface area is 194 Å². The number of hydrogen-bond donors (Lipinski definition) is 2. The van der Waals surface area contributed by atoms with Gasteiger partial charge in [-0.05, 0) is 50.7 Å². The smallest absolute Gasteiger partial charge is 0.361 e. The monoisotopic (exact) mass is 468 g/mol. The van der Waals surface area contributed by atoms with Crippen LogP contribution in [0, 0.1) is 5.92 Å². The molecule has 2 amide bonds. The normalized spacial score (nSPS) is 20.6. The van der Waals surface area contributed by atoms with Gasteiger partial charge in [-0.15, -0.1) is 0 Å². The second-order valence-corrected chi connectivity index (χ2v) is 8.35. The van der Waals surface area contributed by atoms with Crippen molar-refractivity contribution in [3.05, 3.63) is 57.8 Å². The lowest BCUT2D eigenvalue weighted by Crippen LogP contribution is -2.53. The molecule has 11 heteroatoms. The van der Waals surface area contributed by atoms with E-state index < -0.39 is 46.3 Å². The van der Waals surface area contributed by atoms with E-state index in [2.05, 4.69) is 10.3 Å². The molecule has 1 saturated carbocycles. The fourth-order valence-corrected chi connectivity index (χ4v) is 4.52. The van der Waals surface area contributed by atoms with Crippen LogP contribution in [0.15, 0.2) is 35.1 Å². The molecule has 1 fully saturated rings. The molecule has 2 bridgehead atoms. The van der Waals surface area contributed by atoms with Gasteiger partial charge in [-0.3, -0.25) is 19.0 Å². The fourth-order valence-electron chi connectivity index (χ4n) is 4.52. The number of benzene rings is 1. The molecular weight excluding hydrogens is 444 g/mol. The highest BCUT2D eigenvalue weighted by Crippen LogP contribution is 2.43. The molecule has 11 nitrogen and oxygen atoms in total. The topological polar surface area (TPSA) is 160 Å². The van der Waals surface area contributed by atoms with Crippen LogP contribution in [0.4, 0.5) is 0 Å². The molecular formula is C23H24N4O7. The van der Waals surface area contributed by atoms with E-state index in [9.17, 15) is 24.0 Å². The van der Waals surface area contributed by atoms with Crippen LogP contribution in [0.5, 0.6) is 5.75 Å². The molecule has 3 heterocycles. The standard InChI is InChI=1S/C23H24N4O7/c1-2-33-21(32)15-16(34-20(31)14-6-4-3-5-7-14)19(30)27-12-13-8-10-23(11-9-13,22(27)25-15)26-18(29)17(24)28/h3-7,13H,2,8-12H2,1H3,(H2,24,28)(H,26,29). The van der Waals surface area contributed by atoms with E-state index in [0.29, 0.717) is 25.7 Å². The van der Waals surface area contributed by atoms with Gasteiger partial charge in [0.1, 0.15) is 5.82 Å². The minimum Gasteiger partial charge on any atom is -0.461 e. The van der Waals surface area contributed by atoms with Crippen LogP contribution in [0.1, 0.15) is 59.3 Å². The molecule has 0 radical (unpaired) electrons. The fraction of sp³-hybridized carbons (Fsp3) is 0.391. The molecule has 2 aromatic rings. The van der Waals surface area contributed by atoms with E-state index in [-0.39, 0.29) is 30.5 Å². The Morgan fingerprint density at radius 2 is 1.82 bits per heavy atom. The maximum atomic E-state index is 13.6. The number of carbonyl (C=O) groups is 4. The Morgan fingerprint density at radius 1 is 1.15 bits per heavy atom. The number of nitrogens with two attached hydrogens (primary N) is 1. The summed E-state index contributed by atoms with van der Waals surface area (Å²) >= 11 is 0. The first-order chi connectivity index (χ1) is 16.3. The largest absolute Gasteiger partial charge is 0.461 e. The molecule has 178 valence electrons. The zero-order valence-corrected chi connectivity index (χ0v) is 18.5.